The molecule has 0 bridgehead atoms. The average molecular weight is 349 g/mol. The van der Waals surface area contributed by atoms with E-state index in [2.05, 4.69) is 5.32 Å². The fraction of sp³-hybridized carbons (Fsp3) is 0.250. The van der Waals surface area contributed by atoms with Crippen LogP contribution in [0.4, 0.5) is 0 Å². The van der Waals surface area contributed by atoms with Crippen molar-refractivity contribution in [2.45, 2.75) is 12.5 Å². The zero-order valence-electron chi connectivity index (χ0n) is 14.2. The first-order valence-corrected chi connectivity index (χ1v) is 8.42. The Morgan fingerprint density at radius 3 is 2.69 bits per heavy atom. The lowest BCUT2D eigenvalue weighted by Crippen LogP contribution is -2.39. The van der Waals surface area contributed by atoms with Crippen molar-refractivity contribution >= 4 is 11.8 Å². The number of para-hydroxylation sites is 1. The highest BCUT2D eigenvalue weighted by Crippen LogP contribution is 2.26. The summed E-state index contributed by atoms with van der Waals surface area (Å²) < 4.78 is 5.58. The van der Waals surface area contributed by atoms with Crippen LogP contribution in [0.25, 0.3) is 0 Å². The Morgan fingerprint density at radius 2 is 1.92 bits per heavy atom. The molecule has 26 heavy (non-hydrogen) atoms. The molecule has 1 aliphatic rings. The van der Waals surface area contributed by atoms with E-state index in [9.17, 15) is 9.59 Å². The summed E-state index contributed by atoms with van der Waals surface area (Å²) in [6, 6.07) is 18.0. The lowest BCUT2D eigenvalue weighted by molar-refractivity contribution is -0.136. The molecule has 1 unspecified atom stereocenters. The monoisotopic (exact) mass is 349 g/mol. The molecule has 2 amide bonds. The van der Waals surface area contributed by atoms with E-state index in [-0.39, 0.29) is 30.9 Å². The number of hydrogen-bond donors (Lipinski definition) is 1. The van der Waals surface area contributed by atoms with E-state index >= 15 is 0 Å². The first kappa shape index (κ1) is 17.5. The van der Waals surface area contributed by atoms with Gasteiger partial charge >= 0.3 is 0 Å². The molecule has 1 heterocycles. The second-order valence-electron chi connectivity index (χ2n) is 5.96. The first-order valence-electron chi connectivity index (χ1n) is 8.42. The number of nitrogens with one attached hydrogen (secondary N) is 1. The van der Waals surface area contributed by atoms with Crippen LogP contribution in [0.5, 0.6) is 5.75 Å². The molecule has 1 atom stereocenters. The molecule has 2 aromatic carbocycles. The van der Waals surface area contributed by atoms with Gasteiger partial charge in [0, 0.05) is 13.1 Å². The highest BCUT2D eigenvalue weighted by Gasteiger charge is 2.29. The summed E-state index contributed by atoms with van der Waals surface area (Å²) in [5.74, 6) is 0.0802. The van der Waals surface area contributed by atoms with Crippen molar-refractivity contribution in [3.05, 3.63) is 65.7 Å². The van der Waals surface area contributed by atoms with Crippen LogP contribution in [-0.4, -0.2) is 36.4 Å². The molecule has 0 aliphatic carbocycles. The standard InChI is InChI=1S/C20H19N3O3/c21-13-16-8-4-5-9-18(16)26-14-20(25)23-11-10-22-19(24)12-17(23)15-6-2-1-3-7-15/h1-9,17H,10-12,14H2,(H,22,24). The van der Waals surface area contributed by atoms with Crippen molar-refractivity contribution in [2.75, 3.05) is 19.7 Å². The second-order valence-corrected chi connectivity index (χ2v) is 5.96. The lowest BCUT2D eigenvalue weighted by Gasteiger charge is -2.29. The molecule has 0 spiro atoms. The van der Waals surface area contributed by atoms with E-state index < -0.39 is 0 Å². The van der Waals surface area contributed by atoms with Gasteiger partial charge in [-0.2, -0.15) is 5.26 Å². The van der Waals surface area contributed by atoms with Gasteiger partial charge in [-0.25, -0.2) is 0 Å². The smallest absolute Gasteiger partial charge is 0.261 e. The fourth-order valence-corrected chi connectivity index (χ4v) is 3.01. The molecule has 2 aromatic rings. The summed E-state index contributed by atoms with van der Waals surface area (Å²) in [4.78, 5) is 26.4. The van der Waals surface area contributed by atoms with E-state index in [4.69, 9.17) is 10.00 Å². The minimum absolute atomic E-state index is 0.0788. The SMILES string of the molecule is N#Cc1ccccc1OCC(=O)N1CCNC(=O)CC1c1ccccc1. The maximum absolute atomic E-state index is 12.8. The number of nitriles is 1. The van der Waals surface area contributed by atoms with Crippen LogP contribution in [0, 0.1) is 11.3 Å². The maximum Gasteiger partial charge on any atom is 0.261 e. The Hall–Kier alpha value is -3.33. The molecule has 6 heteroatoms. The Balaban J connectivity index is 1.77. The Bertz CT molecular complexity index is 830. The molecule has 1 N–H and O–H groups in total. The largest absolute Gasteiger partial charge is 0.482 e. The number of carbonyl (C=O) groups excluding carboxylic acids is 2. The number of carbonyl (C=O) groups is 2. The normalized spacial score (nSPS) is 17.0. The van der Waals surface area contributed by atoms with Gasteiger partial charge in [0.15, 0.2) is 6.61 Å². The third kappa shape index (κ3) is 4.01. The number of ether oxygens (including phenoxy) is 1. The van der Waals surface area contributed by atoms with Crippen LogP contribution in [-0.2, 0) is 9.59 Å². The van der Waals surface area contributed by atoms with Crippen molar-refractivity contribution in [1.29, 1.82) is 5.26 Å². The number of nitrogens with zero attached hydrogens (tertiary/aromatic N) is 2. The quantitative estimate of drug-likeness (QED) is 0.915. The minimum atomic E-state index is -0.332. The molecule has 6 nitrogen and oxygen atoms in total. The summed E-state index contributed by atoms with van der Waals surface area (Å²) in [5, 5.41) is 11.9. The van der Waals surface area contributed by atoms with Crippen molar-refractivity contribution in [1.82, 2.24) is 10.2 Å². The summed E-state index contributed by atoms with van der Waals surface area (Å²) in [6.07, 6.45) is 0.213. The summed E-state index contributed by atoms with van der Waals surface area (Å²) >= 11 is 0. The average Bonchev–Trinajstić information content (AvgIpc) is 2.88. The molecule has 132 valence electrons. The van der Waals surface area contributed by atoms with Crippen LogP contribution in [0.15, 0.2) is 54.6 Å². The van der Waals surface area contributed by atoms with Gasteiger partial charge in [0.2, 0.25) is 5.91 Å². The summed E-state index contributed by atoms with van der Waals surface area (Å²) in [7, 11) is 0. The van der Waals surface area contributed by atoms with Crippen LogP contribution in [0.3, 0.4) is 0 Å². The highest BCUT2D eigenvalue weighted by atomic mass is 16.5. The van der Waals surface area contributed by atoms with Gasteiger partial charge in [-0.15, -0.1) is 0 Å². The van der Waals surface area contributed by atoms with Gasteiger partial charge in [-0.3, -0.25) is 9.59 Å². The van der Waals surface area contributed by atoms with Crippen molar-refractivity contribution in [3.8, 4) is 11.8 Å². The molecular weight excluding hydrogens is 330 g/mol. The lowest BCUT2D eigenvalue weighted by atomic mass is 10.0. The van der Waals surface area contributed by atoms with E-state index in [0.29, 0.717) is 24.4 Å². The molecule has 1 aliphatic heterocycles. The van der Waals surface area contributed by atoms with Gasteiger partial charge in [0.25, 0.3) is 5.91 Å². The van der Waals surface area contributed by atoms with Crippen molar-refractivity contribution < 1.29 is 14.3 Å². The number of amides is 2. The third-order valence-electron chi connectivity index (χ3n) is 4.29. The zero-order chi connectivity index (χ0) is 18.4. The molecule has 1 saturated heterocycles. The van der Waals surface area contributed by atoms with Crippen LogP contribution in [0.1, 0.15) is 23.6 Å². The highest BCUT2D eigenvalue weighted by molar-refractivity contribution is 5.82. The third-order valence-corrected chi connectivity index (χ3v) is 4.29. The zero-order valence-corrected chi connectivity index (χ0v) is 14.2. The molecule has 0 aromatic heterocycles. The van der Waals surface area contributed by atoms with Gasteiger partial charge in [0.1, 0.15) is 11.8 Å². The van der Waals surface area contributed by atoms with E-state index in [1.807, 2.05) is 36.4 Å². The van der Waals surface area contributed by atoms with Crippen LogP contribution < -0.4 is 10.1 Å². The van der Waals surface area contributed by atoms with Gasteiger partial charge in [-0.1, -0.05) is 42.5 Å². The predicted molar refractivity (Wildman–Crippen MR) is 95.2 cm³/mol. The van der Waals surface area contributed by atoms with Crippen molar-refractivity contribution in [3.63, 3.8) is 0 Å². The predicted octanol–water partition coefficient (Wildman–Crippen LogP) is 2.03. The summed E-state index contributed by atoms with van der Waals surface area (Å²) in [6.45, 7) is 0.631. The number of hydrogen-bond acceptors (Lipinski definition) is 4. The van der Waals surface area contributed by atoms with E-state index in [1.165, 1.54) is 0 Å². The first-order chi connectivity index (χ1) is 12.7. The molecule has 0 radical (unpaired) electrons. The van der Waals surface area contributed by atoms with Gasteiger partial charge < -0.3 is 15.0 Å². The second kappa shape index (κ2) is 8.17. The molecular formula is C20H19N3O3. The number of rotatable bonds is 4. The fourth-order valence-electron chi connectivity index (χ4n) is 3.01. The van der Waals surface area contributed by atoms with Crippen LogP contribution >= 0.6 is 0 Å². The Morgan fingerprint density at radius 1 is 1.19 bits per heavy atom. The maximum atomic E-state index is 12.8. The number of benzene rings is 2. The Kier molecular flexibility index (Phi) is 5.49. The summed E-state index contributed by atoms with van der Waals surface area (Å²) in [5.41, 5.74) is 1.29. The van der Waals surface area contributed by atoms with Crippen LogP contribution in [0.2, 0.25) is 0 Å². The molecule has 3 rings (SSSR count). The molecule has 1 fully saturated rings. The van der Waals surface area contributed by atoms with Gasteiger partial charge in [0.05, 0.1) is 18.0 Å². The Labute approximate surface area is 152 Å². The van der Waals surface area contributed by atoms with Gasteiger partial charge in [-0.05, 0) is 17.7 Å². The van der Waals surface area contributed by atoms with E-state index in [0.717, 1.165) is 5.56 Å². The van der Waals surface area contributed by atoms with E-state index in [1.54, 1.807) is 29.2 Å². The molecule has 0 saturated carbocycles. The topological polar surface area (TPSA) is 82.4 Å². The minimum Gasteiger partial charge on any atom is -0.482 e. The van der Waals surface area contributed by atoms with Crippen molar-refractivity contribution in [2.24, 2.45) is 0 Å².